The van der Waals surface area contributed by atoms with Gasteiger partial charge in [-0.25, -0.2) is 9.78 Å². The molecule has 1 aromatic heterocycles. The average molecular weight is 360 g/mol. The van der Waals surface area contributed by atoms with Gasteiger partial charge >= 0.3 is 12.0 Å². The topological polar surface area (TPSA) is 91.3 Å². The highest BCUT2D eigenvalue weighted by molar-refractivity contribution is 7.13. The predicted octanol–water partition coefficient (Wildman–Crippen LogP) is 3.40. The molecule has 0 fully saturated rings. The van der Waals surface area contributed by atoms with Crippen molar-refractivity contribution >= 4 is 51.7 Å². The van der Waals surface area contributed by atoms with Crippen molar-refractivity contribution in [2.75, 3.05) is 5.32 Å². The molecule has 1 aromatic carbocycles. The molecule has 1 heterocycles. The number of nitrogens with one attached hydrogen (secondary N) is 2. The number of anilines is 1. The van der Waals surface area contributed by atoms with Crippen molar-refractivity contribution in [3.63, 3.8) is 0 Å². The molecule has 9 heteroatoms. The lowest BCUT2D eigenvalue weighted by molar-refractivity contribution is -0.136. The van der Waals surface area contributed by atoms with Gasteiger partial charge in [0.15, 0.2) is 5.13 Å². The first-order valence-corrected chi connectivity index (χ1v) is 7.72. The molecule has 22 heavy (non-hydrogen) atoms. The van der Waals surface area contributed by atoms with Gasteiger partial charge < -0.3 is 10.4 Å². The summed E-state index contributed by atoms with van der Waals surface area (Å²) < 4.78 is 0. The highest BCUT2D eigenvalue weighted by Gasteiger charge is 2.09. The molecule has 2 rings (SSSR count). The summed E-state index contributed by atoms with van der Waals surface area (Å²) >= 11 is 12.9. The van der Waals surface area contributed by atoms with Crippen LogP contribution in [0.15, 0.2) is 23.6 Å². The molecular weight excluding hydrogens is 349 g/mol. The van der Waals surface area contributed by atoms with Crippen LogP contribution in [0.1, 0.15) is 11.3 Å². The fraction of sp³-hybridized carbons (Fsp3) is 0.154. The molecule has 0 spiro atoms. The molecule has 116 valence electrons. The summed E-state index contributed by atoms with van der Waals surface area (Å²) in [5, 5.41) is 16.6. The first-order valence-electron chi connectivity index (χ1n) is 6.09. The number of carboxylic acids is 1. The normalized spacial score (nSPS) is 10.3. The van der Waals surface area contributed by atoms with E-state index >= 15 is 0 Å². The van der Waals surface area contributed by atoms with Gasteiger partial charge in [0.1, 0.15) is 0 Å². The molecule has 0 aliphatic rings. The Hall–Kier alpha value is -1.83. The summed E-state index contributed by atoms with van der Waals surface area (Å²) in [5.74, 6) is -0.971. The first-order chi connectivity index (χ1) is 10.4. The van der Waals surface area contributed by atoms with E-state index in [9.17, 15) is 9.59 Å². The quantitative estimate of drug-likeness (QED) is 0.762. The van der Waals surface area contributed by atoms with Gasteiger partial charge in [-0.1, -0.05) is 29.3 Å². The average Bonchev–Trinajstić information content (AvgIpc) is 2.86. The SMILES string of the molecule is O=C(O)Cc1csc(NC(=O)NCc2ccc(Cl)c(Cl)c2)n1. The van der Waals surface area contributed by atoms with Crippen molar-refractivity contribution in [2.24, 2.45) is 0 Å². The maximum Gasteiger partial charge on any atom is 0.321 e. The third-order valence-electron chi connectivity index (χ3n) is 2.54. The number of nitrogens with zero attached hydrogens (tertiary/aromatic N) is 1. The van der Waals surface area contributed by atoms with Gasteiger partial charge in [0, 0.05) is 11.9 Å². The van der Waals surface area contributed by atoms with Crippen molar-refractivity contribution in [1.82, 2.24) is 10.3 Å². The molecule has 0 aliphatic carbocycles. The van der Waals surface area contributed by atoms with E-state index < -0.39 is 12.0 Å². The number of carbonyl (C=O) groups is 2. The van der Waals surface area contributed by atoms with Crippen LogP contribution in [-0.2, 0) is 17.8 Å². The number of amides is 2. The Labute approximate surface area is 140 Å². The molecule has 6 nitrogen and oxygen atoms in total. The standard InChI is InChI=1S/C13H11Cl2N3O3S/c14-9-2-1-7(3-10(9)15)5-16-12(21)18-13-17-8(6-22-13)4-11(19)20/h1-3,6H,4-5H2,(H,19,20)(H2,16,17,18,21). The third kappa shape index (κ3) is 4.87. The summed E-state index contributed by atoms with van der Waals surface area (Å²) in [5.41, 5.74) is 1.20. The largest absolute Gasteiger partial charge is 0.481 e. The zero-order valence-corrected chi connectivity index (χ0v) is 13.4. The zero-order valence-electron chi connectivity index (χ0n) is 11.1. The van der Waals surface area contributed by atoms with Crippen LogP contribution in [0.3, 0.4) is 0 Å². The van der Waals surface area contributed by atoms with E-state index in [2.05, 4.69) is 15.6 Å². The van der Waals surface area contributed by atoms with Gasteiger partial charge in [0.25, 0.3) is 0 Å². The molecule has 0 bridgehead atoms. The molecule has 0 atom stereocenters. The van der Waals surface area contributed by atoms with Crippen molar-refractivity contribution in [2.45, 2.75) is 13.0 Å². The van der Waals surface area contributed by atoms with Gasteiger partial charge in [-0.3, -0.25) is 10.1 Å². The molecule has 2 aromatic rings. The minimum atomic E-state index is -0.971. The molecular formula is C13H11Cl2N3O3S. The molecule has 3 N–H and O–H groups in total. The van der Waals surface area contributed by atoms with E-state index in [1.165, 1.54) is 0 Å². The van der Waals surface area contributed by atoms with Crippen molar-refractivity contribution in [3.8, 4) is 0 Å². The molecule has 0 radical (unpaired) electrons. The van der Waals surface area contributed by atoms with E-state index in [1.807, 2.05) is 0 Å². The van der Waals surface area contributed by atoms with E-state index in [0.29, 0.717) is 20.9 Å². The second-order valence-electron chi connectivity index (χ2n) is 4.27. The highest BCUT2D eigenvalue weighted by Crippen LogP contribution is 2.22. The Morgan fingerprint density at radius 2 is 2.05 bits per heavy atom. The number of halogens is 2. The number of urea groups is 1. The van der Waals surface area contributed by atoms with Crippen LogP contribution in [0.5, 0.6) is 0 Å². The minimum Gasteiger partial charge on any atom is -0.481 e. The van der Waals surface area contributed by atoms with Crippen LogP contribution in [0.25, 0.3) is 0 Å². The van der Waals surface area contributed by atoms with Gasteiger partial charge in [-0.05, 0) is 17.7 Å². The third-order valence-corrected chi connectivity index (χ3v) is 4.09. The smallest absolute Gasteiger partial charge is 0.321 e. The number of benzene rings is 1. The Balaban J connectivity index is 1.86. The monoisotopic (exact) mass is 359 g/mol. The number of thiazole rings is 1. The van der Waals surface area contributed by atoms with Crippen LogP contribution < -0.4 is 10.6 Å². The number of carbonyl (C=O) groups excluding carboxylic acids is 1. The molecule has 2 amide bonds. The fourth-order valence-electron chi connectivity index (χ4n) is 1.57. The Bertz CT molecular complexity index is 706. The first kappa shape index (κ1) is 16.5. The second kappa shape index (κ2) is 7.44. The molecule has 0 aliphatic heterocycles. The summed E-state index contributed by atoms with van der Waals surface area (Å²) in [4.78, 5) is 26.3. The van der Waals surface area contributed by atoms with Crippen LogP contribution >= 0.6 is 34.5 Å². The fourth-order valence-corrected chi connectivity index (χ4v) is 2.60. The number of carboxylic acid groups (broad SMARTS) is 1. The van der Waals surface area contributed by atoms with E-state index in [4.69, 9.17) is 28.3 Å². The van der Waals surface area contributed by atoms with Crippen molar-refractivity contribution < 1.29 is 14.7 Å². The Morgan fingerprint density at radius 1 is 1.27 bits per heavy atom. The Kier molecular flexibility index (Phi) is 5.59. The van der Waals surface area contributed by atoms with Gasteiger partial charge in [-0.15, -0.1) is 11.3 Å². The summed E-state index contributed by atoms with van der Waals surface area (Å²) in [6, 6.07) is 4.63. The summed E-state index contributed by atoms with van der Waals surface area (Å²) in [6.45, 7) is 0.274. The minimum absolute atomic E-state index is 0.178. The number of rotatable bonds is 5. The van der Waals surface area contributed by atoms with E-state index in [0.717, 1.165) is 16.9 Å². The lowest BCUT2D eigenvalue weighted by atomic mass is 10.2. The lowest BCUT2D eigenvalue weighted by Gasteiger charge is -2.06. The lowest BCUT2D eigenvalue weighted by Crippen LogP contribution is -2.28. The van der Waals surface area contributed by atoms with Gasteiger partial charge in [0.2, 0.25) is 0 Å². The zero-order chi connectivity index (χ0) is 16.1. The molecule has 0 saturated carbocycles. The number of hydrogen-bond donors (Lipinski definition) is 3. The van der Waals surface area contributed by atoms with Crippen LogP contribution in [0, 0.1) is 0 Å². The highest BCUT2D eigenvalue weighted by atomic mass is 35.5. The van der Waals surface area contributed by atoms with Crippen LogP contribution in [-0.4, -0.2) is 22.1 Å². The van der Waals surface area contributed by atoms with Crippen LogP contribution in [0.2, 0.25) is 10.0 Å². The molecule has 0 saturated heterocycles. The molecule has 0 unspecified atom stereocenters. The number of aromatic nitrogens is 1. The van der Waals surface area contributed by atoms with Gasteiger partial charge in [0.05, 0.1) is 22.2 Å². The van der Waals surface area contributed by atoms with E-state index in [1.54, 1.807) is 23.6 Å². The van der Waals surface area contributed by atoms with Crippen LogP contribution in [0.4, 0.5) is 9.93 Å². The second-order valence-corrected chi connectivity index (χ2v) is 5.94. The van der Waals surface area contributed by atoms with Crippen molar-refractivity contribution in [3.05, 3.63) is 44.9 Å². The van der Waals surface area contributed by atoms with E-state index in [-0.39, 0.29) is 13.0 Å². The maximum absolute atomic E-state index is 11.7. The number of aliphatic carboxylic acids is 1. The van der Waals surface area contributed by atoms with Gasteiger partial charge in [-0.2, -0.15) is 0 Å². The number of hydrogen-bond acceptors (Lipinski definition) is 4. The summed E-state index contributed by atoms with van der Waals surface area (Å²) in [7, 11) is 0. The van der Waals surface area contributed by atoms with Crippen molar-refractivity contribution in [1.29, 1.82) is 0 Å². The predicted molar refractivity (Wildman–Crippen MR) is 85.8 cm³/mol. The summed E-state index contributed by atoms with van der Waals surface area (Å²) in [6.07, 6.45) is -0.178. The maximum atomic E-state index is 11.7. The Morgan fingerprint density at radius 3 is 2.73 bits per heavy atom.